The highest BCUT2D eigenvalue weighted by Crippen LogP contribution is 2.31. The van der Waals surface area contributed by atoms with E-state index in [4.69, 9.17) is 4.74 Å². The molecule has 1 amide bonds. The average Bonchev–Trinajstić information content (AvgIpc) is 2.64. The number of carbonyl (C=O) groups excluding carboxylic acids is 1. The number of halogens is 1. The molecule has 1 heterocycles. The van der Waals surface area contributed by atoms with Crippen LogP contribution in [0.4, 0.5) is 10.1 Å². The molecule has 0 radical (unpaired) electrons. The van der Waals surface area contributed by atoms with E-state index in [9.17, 15) is 9.18 Å². The Kier molecular flexibility index (Phi) is 5.40. The van der Waals surface area contributed by atoms with Crippen LogP contribution in [0.1, 0.15) is 40.4 Å². The van der Waals surface area contributed by atoms with Gasteiger partial charge < -0.3 is 9.64 Å². The molecule has 0 saturated carbocycles. The van der Waals surface area contributed by atoms with E-state index in [1.165, 1.54) is 0 Å². The Labute approximate surface area is 154 Å². The zero-order valence-electron chi connectivity index (χ0n) is 15.5. The zero-order chi connectivity index (χ0) is 18.7. The Morgan fingerprint density at radius 1 is 1.23 bits per heavy atom. The zero-order valence-corrected chi connectivity index (χ0v) is 15.5. The van der Waals surface area contributed by atoms with E-state index >= 15 is 0 Å². The van der Waals surface area contributed by atoms with Crippen molar-refractivity contribution in [1.82, 2.24) is 0 Å². The molecule has 0 spiro atoms. The lowest BCUT2D eigenvalue weighted by molar-refractivity contribution is 0.0980. The van der Waals surface area contributed by atoms with Crippen molar-refractivity contribution in [2.75, 3.05) is 18.1 Å². The lowest BCUT2D eigenvalue weighted by Gasteiger charge is -2.31. The van der Waals surface area contributed by atoms with Crippen molar-refractivity contribution >= 4 is 11.6 Å². The maximum atomic E-state index is 13.0. The predicted octanol–water partition coefficient (Wildman–Crippen LogP) is 5.15. The molecule has 0 N–H and O–H groups in total. The molecule has 26 heavy (non-hydrogen) atoms. The summed E-state index contributed by atoms with van der Waals surface area (Å²) in [7, 11) is 0. The Bertz CT molecular complexity index is 837. The number of para-hydroxylation sites is 1. The number of hydrogen-bond donors (Lipinski definition) is 0. The monoisotopic (exact) mass is 353 g/mol. The molecule has 0 aliphatic carbocycles. The summed E-state index contributed by atoms with van der Waals surface area (Å²) in [5.41, 5.74) is 5.52. The largest absolute Gasteiger partial charge is 0.489 e. The van der Waals surface area contributed by atoms with E-state index in [0.29, 0.717) is 36.2 Å². The van der Waals surface area contributed by atoms with Gasteiger partial charge in [-0.05, 0) is 67.2 Å². The normalized spacial score (nSPS) is 14.4. The number of hydrogen-bond acceptors (Lipinski definition) is 2. The first-order valence-corrected chi connectivity index (χ1v) is 8.97. The van der Waals surface area contributed by atoms with Crippen LogP contribution in [0.3, 0.4) is 0 Å². The van der Waals surface area contributed by atoms with Gasteiger partial charge in [0, 0.05) is 17.8 Å². The fourth-order valence-electron chi connectivity index (χ4n) is 3.39. The van der Waals surface area contributed by atoms with Crippen LogP contribution in [0.15, 0.2) is 48.3 Å². The smallest absolute Gasteiger partial charge is 0.258 e. The lowest BCUT2D eigenvalue weighted by Crippen LogP contribution is -2.38. The molecule has 3 nitrogen and oxygen atoms in total. The highest BCUT2D eigenvalue weighted by molar-refractivity contribution is 6.09. The lowest BCUT2D eigenvalue weighted by atomic mass is 9.96. The van der Waals surface area contributed by atoms with Crippen LogP contribution in [-0.2, 0) is 6.42 Å². The second-order valence-corrected chi connectivity index (χ2v) is 6.68. The molecule has 2 aromatic rings. The van der Waals surface area contributed by atoms with Gasteiger partial charge in [0.1, 0.15) is 12.4 Å². The molecular formula is C22H24FNO2. The third-order valence-electron chi connectivity index (χ3n) is 4.90. The third kappa shape index (κ3) is 3.50. The van der Waals surface area contributed by atoms with Crippen LogP contribution in [0.2, 0.25) is 0 Å². The number of fused-ring (bicyclic) bond motifs is 1. The molecule has 0 atom stereocenters. The molecule has 2 aromatic carbocycles. The summed E-state index contributed by atoms with van der Waals surface area (Å²) in [6.45, 7) is 6.83. The van der Waals surface area contributed by atoms with E-state index in [2.05, 4.69) is 0 Å². The quantitative estimate of drug-likeness (QED) is 0.744. The molecule has 0 saturated heterocycles. The number of benzene rings is 2. The van der Waals surface area contributed by atoms with E-state index < -0.39 is 0 Å². The average molecular weight is 353 g/mol. The van der Waals surface area contributed by atoms with Gasteiger partial charge >= 0.3 is 0 Å². The minimum Gasteiger partial charge on any atom is -0.489 e. The number of nitrogens with zero attached hydrogens (tertiary/aromatic N) is 1. The molecule has 0 fully saturated rings. The van der Waals surface area contributed by atoms with Crippen LogP contribution < -0.4 is 9.64 Å². The van der Waals surface area contributed by atoms with Gasteiger partial charge in [-0.15, -0.1) is 0 Å². The molecule has 3 rings (SSSR count). The summed E-state index contributed by atoms with van der Waals surface area (Å²) in [6.07, 6.45) is 1.99. The fraction of sp³-hybridized carbons (Fsp3) is 0.318. The Morgan fingerprint density at radius 3 is 2.62 bits per heavy atom. The fourth-order valence-corrected chi connectivity index (χ4v) is 3.39. The van der Waals surface area contributed by atoms with Gasteiger partial charge in [-0.2, -0.15) is 0 Å². The molecular weight excluding hydrogens is 329 g/mol. The molecule has 0 aromatic heterocycles. The summed E-state index contributed by atoms with van der Waals surface area (Å²) < 4.78 is 18.3. The summed E-state index contributed by atoms with van der Waals surface area (Å²) in [5, 5.41) is 0. The third-order valence-corrected chi connectivity index (χ3v) is 4.90. The standard InChI is InChI=1S/C22H24FNO2/c1-4-17(13-23)14-26-19-8-9-20-18(12-19)10-11-24(22(20)25)21-15(2)6-5-7-16(21)3/h5-9,12-13H,4,10-11,14H2,1-3H3/b17-13-. The topological polar surface area (TPSA) is 29.5 Å². The van der Waals surface area contributed by atoms with Crippen molar-refractivity contribution in [2.45, 2.75) is 33.6 Å². The molecule has 136 valence electrons. The van der Waals surface area contributed by atoms with Crippen molar-refractivity contribution in [3.8, 4) is 5.75 Å². The van der Waals surface area contributed by atoms with E-state index in [1.54, 1.807) is 6.07 Å². The minimum atomic E-state index is 0.0214. The molecule has 0 bridgehead atoms. The van der Waals surface area contributed by atoms with Gasteiger partial charge in [-0.1, -0.05) is 25.1 Å². The van der Waals surface area contributed by atoms with Crippen LogP contribution in [-0.4, -0.2) is 19.1 Å². The summed E-state index contributed by atoms with van der Waals surface area (Å²) in [6, 6.07) is 11.6. The molecule has 1 aliphatic rings. The minimum absolute atomic E-state index is 0.0214. The number of ether oxygens (including phenoxy) is 1. The van der Waals surface area contributed by atoms with Crippen molar-refractivity contribution in [1.29, 1.82) is 0 Å². The SMILES string of the molecule is CC/C(=C/F)COc1ccc2c(c1)CCN(c1c(C)cccc1C)C2=O. The molecule has 4 heteroatoms. The first-order chi connectivity index (χ1) is 12.5. The van der Waals surface area contributed by atoms with E-state index in [1.807, 2.05) is 56.0 Å². The molecule has 0 unspecified atom stereocenters. The number of anilines is 1. The van der Waals surface area contributed by atoms with E-state index in [-0.39, 0.29) is 12.5 Å². The highest BCUT2D eigenvalue weighted by Gasteiger charge is 2.27. The molecule has 1 aliphatic heterocycles. The van der Waals surface area contributed by atoms with Gasteiger partial charge in [0.2, 0.25) is 0 Å². The van der Waals surface area contributed by atoms with Crippen molar-refractivity contribution in [3.05, 3.63) is 70.6 Å². The Balaban J connectivity index is 1.83. The Morgan fingerprint density at radius 2 is 1.96 bits per heavy atom. The predicted molar refractivity (Wildman–Crippen MR) is 103 cm³/mol. The summed E-state index contributed by atoms with van der Waals surface area (Å²) >= 11 is 0. The first kappa shape index (κ1) is 18.2. The second-order valence-electron chi connectivity index (χ2n) is 6.68. The Hall–Kier alpha value is -2.62. The highest BCUT2D eigenvalue weighted by atomic mass is 19.1. The van der Waals surface area contributed by atoms with Crippen molar-refractivity contribution in [3.63, 3.8) is 0 Å². The van der Waals surface area contributed by atoms with Gasteiger partial charge in [-0.25, -0.2) is 4.39 Å². The number of carbonyl (C=O) groups is 1. The second kappa shape index (κ2) is 7.73. The number of rotatable bonds is 5. The van der Waals surface area contributed by atoms with Crippen LogP contribution in [0, 0.1) is 13.8 Å². The maximum Gasteiger partial charge on any atom is 0.258 e. The van der Waals surface area contributed by atoms with Gasteiger partial charge in [-0.3, -0.25) is 4.79 Å². The van der Waals surface area contributed by atoms with Crippen molar-refractivity contribution in [2.24, 2.45) is 0 Å². The summed E-state index contributed by atoms with van der Waals surface area (Å²) in [5.74, 6) is 0.693. The van der Waals surface area contributed by atoms with E-state index in [0.717, 1.165) is 28.8 Å². The van der Waals surface area contributed by atoms with Crippen LogP contribution >= 0.6 is 0 Å². The van der Waals surface area contributed by atoms with Gasteiger partial charge in [0.05, 0.1) is 6.33 Å². The maximum absolute atomic E-state index is 13.0. The summed E-state index contributed by atoms with van der Waals surface area (Å²) in [4.78, 5) is 14.9. The van der Waals surface area contributed by atoms with Gasteiger partial charge in [0.25, 0.3) is 5.91 Å². The van der Waals surface area contributed by atoms with Gasteiger partial charge in [0.15, 0.2) is 0 Å². The van der Waals surface area contributed by atoms with Crippen LogP contribution in [0.5, 0.6) is 5.75 Å². The number of aryl methyl sites for hydroxylation is 2. The first-order valence-electron chi connectivity index (χ1n) is 8.97. The van der Waals surface area contributed by atoms with Crippen LogP contribution in [0.25, 0.3) is 0 Å². The van der Waals surface area contributed by atoms with Crippen molar-refractivity contribution < 1.29 is 13.9 Å². The number of amides is 1.